The molecule has 4 rings (SSSR count). The van der Waals surface area contributed by atoms with Crippen molar-refractivity contribution >= 4 is 29.1 Å². The molecule has 1 N–H and O–H groups in total. The van der Waals surface area contributed by atoms with Crippen LogP contribution in [0.15, 0.2) is 66.7 Å². The number of anilines is 1. The maximum Gasteiger partial charge on any atom is 0.262 e. The SMILES string of the molecule is Cc1cccc(C(=O)N2CCCC2)c1NC(=O)COc1ccc(-c2ccccc2)cc1Cl. The highest BCUT2D eigenvalue weighted by Crippen LogP contribution is 2.30. The van der Waals surface area contributed by atoms with Crippen LogP contribution in [0.5, 0.6) is 5.75 Å². The molecule has 32 heavy (non-hydrogen) atoms. The fourth-order valence-electron chi connectivity index (χ4n) is 3.85. The van der Waals surface area contributed by atoms with Crippen molar-refractivity contribution in [1.82, 2.24) is 4.90 Å². The minimum Gasteiger partial charge on any atom is -0.482 e. The van der Waals surface area contributed by atoms with Crippen molar-refractivity contribution in [3.63, 3.8) is 0 Å². The van der Waals surface area contributed by atoms with E-state index in [0.29, 0.717) is 22.0 Å². The van der Waals surface area contributed by atoms with Crippen LogP contribution in [0.2, 0.25) is 5.02 Å². The van der Waals surface area contributed by atoms with Gasteiger partial charge in [0.15, 0.2) is 6.61 Å². The van der Waals surface area contributed by atoms with Crippen molar-refractivity contribution in [1.29, 1.82) is 0 Å². The third-order valence-corrected chi connectivity index (χ3v) is 5.85. The first kappa shape index (κ1) is 21.9. The summed E-state index contributed by atoms with van der Waals surface area (Å²) in [6.45, 7) is 3.16. The number of aryl methyl sites for hydroxylation is 1. The van der Waals surface area contributed by atoms with Gasteiger partial charge >= 0.3 is 0 Å². The topological polar surface area (TPSA) is 58.6 Å². The Balaban J connectivity index is 1.43. The highest BCUT2D eigenvalue weighted by molar-refractivity contribution is 6.32. The number of carbonyl (C=O) groups excluding carboxylic acids is 2. The van der Waals surface area contributed by atoms with Crippen LogP contribution in [0.25, 0.3) is 11.1 Å². The second kappa shape index (κ2) is 9.88. The molecule has 1 aliphatic heterocycles. The Hall–Kier alpha value is -3.31. The molecule has 0 bridgehead atoms. The molecule has 0 unspecified atom stereocenters. The number of halogens is 1. The number of nitrogens with zero attached hydrogens (tertiary/aromatic N) is 1. The Bertz CT molecular complexity index is 1130. The number of carbonyl (C=O) groups is 2. The van der Waals surface area contributed by atoms with E-state index in [0.717, 1.165) is 42.6 Å². The van der Waals surface area contributed by atoms with Crippen LogP contribution in [0.3, 0.4) is 0 Å². The van der Waals surface area contributed by atoms with Crippen LogP contribution in [-0.2, 0) is 4.79 Å². The summed E-state index contributed by atoms with van der Waals surface area (Å²) in [6, 6.07) is 20.8. The van der Waals surface area contributed by atoms with Crippen LogP contribution in [0.1, 0.15) is 28.8 Å². The van der Waals surface area contributed by atoms with E-state index in [1.807, 2.05) is 66.4 Å². The van der Waals surface area contributed by atoms with Crippen molar-refractivity contribution in [3.05, 3.63) is 82.9 Å². The van der Waals surface area contributed by atoms with E-state index in [1.54, 1.807) is 12.1 Å². The number of benzene rings is 3. The van der Waals surface area contributed by atoms with E-state index >= 15 is 0 Å². The zero-order valence-corrected chi connectivity index (χ0v) is 18.7. The Morgan fingerprint density at radius 1 is 0.969 bits per heavy atom. The van der Waals surface area contributed by atoms with Crippen molar-refractivity contribution in [3.8, 4) is 16.9 Å². The van der Waals surface area contributed by atoms with E-state index in [4.69, 9.17) is 16.3 Å². The molecule has 2 amide bonds. The third-order valence-electron chi connectivity index (χ3n) is 5.56. The summed E-state index contributed by atoms with van der Waals surface area (Å²) in [5.74, 6) is 0.0274. The van der Waals surface area contributed by atoms with E-state index < -0.39 is 0 Å². The number of amides is 2. The van der Waals surface area contributed by atoms with Crippen molar-refractivity contribution in [2.45, 2.75) is 19.8 Å². The second-order valence-corrected chi connectivity index (χ2v) is 8.25. The molecule has 1 aliphatic rings. The van der Waals surface area contributed by atoms with Crippen LogP contribution >= 0.6 is 11.6 Å². The lowest BCUT2D eigenvalue weighted by atomic mass is 10.1. The summed E-state index contributed by atoms with van der Waals surface area (Å²) in [6.07, 6.45) is 2.02. The number of hydrogen-bond acceptors (Lipinski definition) is 3. The monoisotopic (exact) mass is 448 g/mol. The lowest BCUT2D eigenvalue weighted by Gasteiger charge is -2.19. The van der Waals surface area contributed by atoms with Crippen molar-refractivity contribution in [2.75, 3.05) is 25.0 Å². The molecule has 1 saturated heterocycles. The van der Waals surface area contributed by atoms with Gasteiger partial charge in [-0.3, -0.25) is 9.59 Å². The molecular formula is C26H25ClN2O3. The average Bonchev–Trinajstić information content (AvgIpc) is 3.35. The van der Waals surface area contributed by atoms with E-state index in [2.05, 4.69) is 5.32 Å². The van der Waals surface area contributed by atoms with Crippen LogP contribution in [0, 0.1) is 6.92 Å². The van der Waals surface area contributed by atoms with Gasteiger partial charge in [0.2, 0.25) is 0 Å². The largest absolute Gasteiger partial charge is 0.482 e. The lowest BCUT2D eigenvalue weighted by molar-refractivity contribution is -0.118. The molecule has 0 aromatic heterocycles. The quantitative estimate of drug-likeness (QED) is 0.536. The normalized spacial score (nSPS) is 13.1. The fraction of sp³-hybridized carbons (Fsp3) is 0.231. The molecule has 1 heterocycles. The maximum absolute atomic E-state index is 12.9. The number of nitrogens with one attached hydrogen (secondary N) is 1. The Kier molecular flexibility index (Phi) is 6.76. The summed E-state index contributed by atoms with van der Waals surface area (Å²) >= 11 is 6.38. The molecule has 0 radical (unpaired) electrons. The molecule has 0 aliphatic carbocycles. The number of para-hydroxylation sites is 1. The molecule has 0 saturated carbocycles. The third kappa shape index (κ3) is 4.94. The summed E-state index contributed by atoms with van der Waals surface area (Å²) in [5.41, 5.74) is 3.88. The van der Waals surface area contributed by atoms with E-state index in [-0.39, 0.29) is 18.4 Å². The molecule has 0 atom stereocenters. The number of hydrogen-bond donors (Lipinski definition) is 1. The predicted molar refractivity (Wildman–Crippen MR) is 127 cm³/mol. The standard InChI is InChI=1S/C26H25ClN2O3/c1-18-8-7-11-21(26(31)29-14-5-6-15-29)25(18)28-24(30)17-32-23-13-12-20(16-22(23)27)19-9-3-2-4-10-19/h2-4,7-13,16H,5-6,14-15,17H2,1H3,(H,28,30). The van der Waals surface area contributed by atoms with Gasteiger partial charge in [-0.05, 0) is 54.7 Å². The van der Waals surface area contributed by atoms with Gasteiger partial charge in [0.05, 0.1) is 16.3 Å². The number of rotatable bonds is 6. The zero-order valence-electron chi connectivity index (χ0n) is 17.9. The van der Waals surface area contributed by atoms with Crippen LogP contribution < -0.4 is 10.1 Å². The second-order valence-electron chi connectivity index (χ2n) is 7.84. The smallest absolute Gasteiger partial charge is 0.262 e. The molecule has 3 aromatic carbocycles. The van der Waals surface area contributed by atoms with Gasteiger partial charge in [-0.1, -0.05) is 60.1 Å². The molecule has 0 spiro atoms. The highest BCUT2D eigenvalue weighted by Gasteiger charge is 2.23. The van der Waals surface area contributed by atoms with Crippen LogP contribution in [-0.4, -0.2) is 36.4 Å². The van der Waals surface area contributed by atoms with Crippen molar-refractivity contribution in [2.24, 2.45) is 0 Å². The van der Waals surface area contributed by atoms with Gasteiger partial charge in [0.1, 0.15) is 5.75 Å². The highest BCUT2D eigenvalue weighted by atomic mass is 35.5. The van der Waals surface area contributed by atoms with E-state index in [1.165, 1.54) is 0 Å². The summed E-state index contributed by atoms with van der Waals surface area (Å²) in [5, 5.41) is 3.29. The Morgan fingerprint density at radius 2 is 1.72 bits per heavy atom. The molecule has 3 aromatic rings. The minimum atomic E-state index is -0.349. The maximum atomic E-state index is 12.9. The lowest BCUT2D eigenvalue weighted by Crippen LogP contribution is -2.29. The molecule has 5 nitrogen and oxygen atoms in total. The molecular weight excluding hydrogens is 424 g/mol. The Labute approximate surface area is 193 Å². The van der Waals surface area contributed by atoms with Gasteiger partial charge in [-0.2, -0.15) is 0 Å². The van der Waals surface area contributed by atoms with Crippen molar-refractivity contribution < 1.29 is 14.3 Å². The summed E-state index contributed by atoms with van der Waals surface area (Å²) in [7, 11) is 0. The summed E-state index contributed by atoms with van der Waals surface area (Å²) in [4.78, 5) is 27.4. The van der Waals surface area contributed by atoms with Gasteiger partial charge in [-0.25, -0.2) is 0 Å². The first-order valence-electron chi connectivity index (χ1n) is 10.7. The summed E-state index contributed by atoms with van der Waals surface area (Å²) < 4.78 is 5.66. The average molecular weight is 449 g/mol. The molecule has 1 fully saturated rings. The first-order chi connectivity index (χ1) is 15.5. The van der Waals surface area contributed by atoms with Gasteiger partial charge in [-0.15, -0.1) is 0 Å². The molecule has 6 heteroatoms. The van der Waals surface area contributed by atoms with Gasteiger partial charge < -0.3 is 15.0 Å². The number of likely N-dealkylation sites (tertiary alicyclic amines) is 1. The predicted octanol–water partition coefficient (Wildman–Crippen LogP) is 5.57. The fourth-order valence-corrected chi connectivity index (χ4v) is 4.08. The minimum absolute atomic E-state index is 0.0537. The first-order valence-corrected chi connectivity index (χ1v) is 11.1. The molecule has 164 valence electrons. The van der Waals surface area contributed by atoms with Crippen LogP contribution in [0.4, 0.5) is 5.69 Å². The van der Waals surface area contributed by atoms with Gasteiger partial charge in [0.25, 0.3) is 11.8 Å². The van der Waals surface area contributed by atoms with E-state index in [9.17, 15) is 9.59 Å². The Morgan fingerprint density at radius 3 is 2.44 bits per heavy atom. The zero-order chi connectivity index (χ0) is 22.5. The van der Waals surface area contributed by atoms with Gasteiger partial charge in [0, 0.05) is 13.1 Å². The number of ether oxygens (including phenoxy) is 1.